The van der Waals surface area contributed by atoms with Crippen LogP contribution in [-0.4, -0.2) is 76.9 Å². The lowest BCUT2D eigenvalue weighted by Gasteiger charge is -2.38. The van der Waals surface area contributed by atoms with Crippen molar-refractivity contribution in [1.82, 2.24) is 19.8 Å². The maximum atomic E-state index is 14.2. The first-order valence-corrected chi connectivity index (χ1v) is 14.6. The highest BCUT2D eigenvalue weighted by Crippen LogP contribution is 2.34. The molecule has 1 saturated heterocycles. The predicted octanol–water partition coefficient (Wildman–Crippen LogP) is 4.86. The molecule has 0 aliphatic carbocycles. The van der Waals surface area contributed by atoms with Crippen LogP contribution in [0.25, 0.3) is 10.9 Å². The fourth-order valence-electron chi connectivity index (χ4n) is 5.55. The second kappa shape index (κ2) is 11.8. The number of halogens is 1. The molecule has 4 heterocycles. The maximum absolute atomic E-state index is 14.2. The van der Waals surface area contributed by atoms with Crippen LogP contribution in [0.3, 0.4) is 0 Å². The monoisotopic (exact) mass is 587 g/mol. The molecule has 2 aliphatic rings. The zero-order valence-corrected chi connectivity index (χ0v) is 23.9. The predicted molar refractivity (Wildman–Crippen MR) is 162 cm³/mol. The topological polar surface area (TPSA) is 115 Å². The van der Waals surface area contributed by atoms with Crippen LogP contribution in [-0.2, 0) is 29.0 Å². The number of carbonyl (C=O) groups excluding carboxylic acids is 2. The number of aromatic amines is 1. The second-order valence-electron chi connectivity index (χ2n) is 10.1. The number of nitrogens with one attached hydrogen (secondary N) is 2. The third-order valence-electron chi connectivity index (χ3n) is 7.64. The van der Waals surface area contributed by atoms with Crippen LogP contribution in [0.1, 0.15) is 33.5 Å². The van der Waals surface area contributed by atoms with Gasteiger partial charge in [0.1, 0.15) is 17.6 Å². The van der Waals surface area contributed by atoms with E-state index in [4.69, 9.17) is 4.74 Å². The summed E-state index contributed by atoms with van der Waals surface area (Å²) in [4.78, 5) is 48.2. The van der Waals surface area contributed by atoms with Crippen molar-refractivity contribution < 1.29 is 18.7 Å². The molecule has 0 radical (unpaired) electrons. The van der Waals surface area contributed by atoms with Crippen molar-refractivity contribution in [3.05, 3.63) is 69.6 Å². The SMILES string of the molecule is C=Nc1cc(NCc2scnc2C(=O)N2Cc3[nH]c4ccc(F)cc4c3C[C@@H]2C(=O)N2CCOCC2)ccc1/N=C\C. The standard InChI is InChI=1S/C30H30FN7O3S/c1-3-33-23-7-5-19(13-24(23)32-2)34-15-27-28(35-17-42-27)30(40)38-16-25-21(20-12-18(31)4-6-22(20)36-25)14-26(38)29(39)37-8-10-41-11-9-37/h3-7,12-13,17,26,34,36H,2,8-11,14-16H2,1H3/b33-3-/t26-/m1/s1. The van der Waals surface area contributed by atoms with Gasteiger partial charge in [0.15, 0.2) is 0 Å². The quantitative estimate of drug-likeness (QED) is 0.300. The number of amides is 2. The molecule has 6 rings (SSSR count). The molecule has 216 valence electrons. The maximum Gasteiger partial charge on any atom is 0.274 e. The number of aliphatic imine (C=N–C) groups is 2. The Bertz CT molecular complexity index is 1690. The molecule has 2 N–H and O–H groups in total. The molecule has 12 heteroatoms. The van der Waals surface area contributed by atoms with E-state index in [1.165, 1.54) is 23.5 Å². The Kier molecular flexibility index (Phi) is 7.81. The van der Waals surface area contributed by atoms with Gasteiger partial charge in [0.25, 0.3) is 5.91 Å². The van der Waals surface area contributed by atoms with E-state index in [1.54, 1.807) is 27.6 Å². The Morgan fingerprint density at radius 3 is 2.86 bits per heavy atom. The van der Waals surface area contributed by atoms with E-state index in [9.17, 15) is 14.0 Å². The number of anilines is 1. The van der Waals surface area contributed by atoms with Crippen molar-refractivity contribution in [3.8, 4) is 0 Å². The van der Waals surface area contributed by atoms with Crippen LogP contribution < -0.4 is 5.32 Å². The van der Waals surface area contributed by atoms with Gasteiger partial charge in [0, 0.05) is 48.0 Å². The zero-order valence-electron chi connectivity index (χ0n) is 23.1. The number of nitrogens with zero attached hydrogens (tertiary/aromatic N) is 5. The summed E-state index contributed by atoms with van der Waals surface area (Å²) in [7, 11) is 0. The molecule has 4 aromatic rings. The molecule has 0 unspecified atom stereocenters. The number of benzene rings is 2. The Labute approximate surface area is 245 Å². The average Bonchev–Trinajstić information content (AvgIpc) is 3.63. The minimum Gasteiger partial charge on any atom is -0.380 e. The molecule has 10 nitrogen and oxygen atoms in total. The van der Waals surface area contributed by atoms with Crippen molar-refractivity contribution >= 4 is 64.0 Å². The van der Waals surface area contributed by atoms with Crippen molar-refractivity contribution in [2.75, 3.05) is 31.6 Å². The molecule has 0 saturated carbocycles. The Morgan fingerprint density at radius 2 is 2.07 bits per heavy atom. The summed E-state index contributed by atoms with van der Waals surface area (Å²) in [6.07, 6.45) is 1.98. The Hall–Kier alpha value is -4.42. The molecular formula is C30H30FN7O3S. The lowest BCUT2D eigenvalue weighted by Crippen LogP contribution is -2.55. The first-order valence-electron chi connectivity index (χ1n) is 13.7. The summed E-state index contributed by atoms with van der Waals surface area (Å²) in [5.41, 5.74) is 6.53. The van der Waals surface area contributed by atoms with E-state index in [1.807, 2.05) is 25.1 Å². The van der Waals surface area contributed by atoms with Gasteiger partial charge in [-0.15, -0.1) is 11.3 Å². The molecule has 2 aromatic carbocycles. The van der Waals surface area contributed by atoms with Gasteiger partial charge in [-0.05, 0) is 55.6 Å². The van der Waals surface area contributed by atoms with E-state index in [0.29, 0.717) is 49.9 Å². The van der Waals surface area contributed by atoms with Crippen molar-refractivity contribution in [3.63, 3.8) is 0 Å². The van der Waals surface area contributed by atoms with Gasteiger partial charge in [-0.2, -0.15) is 0 Å². The summed E-state index contributed by atoms with van der Waals surface area (Å²) in [6.45, 7) is 7.83. The number of hydrogen-bond donors (Lipinski definition) is 2. The summed E-state index contributed by atoms with van der Waals surface area (Å²) in [6, 6.07) is 9.41. The summed E-state index contributed by atoms with van der Waals surface area (Å²) in [5, 5.41) is 4.08. The number of ether oxygens (including phenoxy) is 1. The van der Waals surface area contributed by atoms with Crippen molar-refractivity contribution in [2.24, 2.45) is 9.98 Å². The van der Waals surface area contributed by atoms with Crippen LogP contribution in [0.5, 0.6) is 0 Å². The van der Waals surface area contributed by atoms with Crippen molar-refractivity contribution in [2.45, 2.75) is 32.5 Å². The Balaban J connectivity index is 1.28. The summed E-state index contributed by atoms with van der Waals surface area (Å²) >= 11 is 1.37. The molecule has 1 fully saturated rings. The highest BCUT2D eigenvalue weighted by molar-refractivity contribution is 7.10. The average molecular weight is 588 g/mol. The van der Waals surface area contributed by atoms with Crippen LogP contribution in [0.15, 0.2) is 51.9 Å². The molecule has 0 bridgehead atoms. The number of fused-ring (bicyclic) bond motifs is 3. The van der Waals surface area contributed by atoms with E-state index < -0.39 is 6.04 Å². The number of aromatic nitrogens is 2. The number of rotatable bonds is 7. The molecule has 2 aromatic heterocycles. The third kappa shape index (κ3) is 5.30. The fraction of sp³-hybridized carbons (Fsp3) is 0.300. The minimum absolute atomic E-state index is 0.141. The van der Waals surface area contributed by atoms with Gasteiger partial charge in [-0.25, -0.2) is 9.37 Å². The minimum atomic E-state index is -0.749. The molecule has 2 aliphatic heterocycles. The lowest BCUT2D eigenvalue weighted by atomic mass is 9.95. The van der Waals surface area contributed by atoms with Gasteiger partial charge in [-0.3, -0.25) is 19.6 Å². The van der Waals surface area contributed by atoms with E-state index in [-0.39, 0.29) is 30.6 Å². The zero-order chi connectivity index (χ0) is 29.2. The molecular weight excluding hydrogens is 557 g/mol. The highest BCUT2D eigenvalue weighted by Gasteiger charge is 2.40. The summed E-state index contributed by atoms with van der Waals surface area (Å²) in [5.74, 6) is -0.810. The number of hydrogen-bond acceptors (Lipinski definition) is 8. The van der Waals surface area contributed by atoms with E-state index in [2.05, 4.69) is 32.0 Å². The van der Waals surface area contributed by atoms with Crippen LogP contribution in [0.2, 0.25) is 0 Å². The van der Waals surface area contributed by atoms with Crippen molar-refractivity contribution in [1.29, 1.82) is 0 Å². The van der Waals surface area contributed by atoms with Gasteiger partial charge >= 0.3 is 0 Å². The first kappa shape index (κ1) is 27.7. The van der Waals surface area contributed by atoms with E-state index >= 15 is 0 Å². The van der Waals surface area contributed by atoms with Gasteiger partial charge in [-0.1, -0.05) is 0 Å². The van der Waals surface area contributed by atoms with Crippen LogP contribution in [0, 0.1) is 5.82 Å². The highest BCUT2D eigenvalue weighted by atomic mass is 32.1. The Morgan fingerprint density at radius 1 is 1.24 bits per heavy atom. The molecule has 2 amide bonds. The van der Waals surface area contributed by atoms with Crippen LogP contribution >= 0.6 is 11.3 Å². The smallest absolute Gasteiger partial charge is 0.274 e. The largest absolute Gasteiger partial charge is 0.380 e. The molecule has 1 atom stereocenters. The summed E-state index contributed by atoms with van der Waals surface area (Å²) < 4.78 is 19.6. The molecule has 0 spiro atoms. The fourth-order valence-corrected chi connectivity index (χ4v) is 6.25. The second-order valence-corrected chi connectivity index (χ2v) is 11.0. The number of thiazole rings is 1. The molecule has 42 heavy (non-hydrogen) atoms. The lowest BCUT2D eigenvalue weighted by molar-refractivity contribution is -0.140. The number of H-pyrrole nitrogens is 1. The third-order valence-corrected chi connectivity index (χ3v) is 8.47. The normalized spacial score (nSPS) is 17.0. The first-order chi connectivity index (χ1) is 20.5. The van der Waals surface area contributed by atoms with Gasteiger partial charge in [0.2, 0.25) is 5.91 Å². The number of carbonyl (C=O) groups is 2. The van der Waals surface area contributed by atoms with Gasteiger partial charge < -0.3 is 24.8 Å². The number of morpholine rings is 1. The van der Waals surface area contributed by atoms with Gasteiger partial charge in [0.05, 0.1) is 48.1 Å². The van der Waals surface area contributed by atoms with Crippen LogP contribution in [0.4, 0.5) is 21.5 Å². The van der Waals surface area contributed by atoms with E-state index in [0.717, 1.165) is 32.7 Å².